The van der Waals surface area contributed by atoms with Gasteiger partial charge in [-0.1, -0.05) is 39.0 Å². The van der Waals surface area contributed by atoms with Gasteiger partial charge in [0.2, 0.25) is 0 Å². The summed E-state index contributed by atoms with van der Waals surface area (Å²) < 4.78 is 14.3. The molecule has 1 saturated heterocycles. The second kappa shape index (κ2) is 13.6. The molecule has 0 spiro atoms. The Balaban J connectivity index is 0. The maximum Gasteiger partial charge on any atom is 0.333 e. The molecule has 0 aromatic rings. The number of carbonyl (C=O) groups is 2. The smallest absolute Gasteiger partial charge is 0.333 e. The van der Waals surface area contributed by atoms with E-state index in [0.717, 1.165) is 6.08 Å². The fourth-order valence-electron chi connectivity index (χ4n) is 0.892. The molecule has 0 saturated carbocycles. The molecule has 1 fully saturated rings. The number of ether oxygens (including phenoxy) is 3. The van der Waals surface area contributed by atoms with Crippen molar-refractivity contribution in [2.75, 3.05) is 13.2 Å². The van der Waals surface area contributed by atoms with Gasteiger partial charge in [-0.3, -0.25) is 0 Å². The minimum Gasteiger partial charge on any atom is -0.458 e. The predicted molar refractivity (Wildman–Crippen MR) is 86.2 cm³/mol. The van der Waals surface area contributed by atoms with E-state index in [1.54, 1.807) is 13.8 Å². The molecule has 0 aromatic heterocycles. The Morgan fingerprint density at radius 2 is 1.91 bits per heavy atom. The topological polar surface area (TPSA) is 65.1 Å². The highest BCUT2D eigenvalue weighted by molar-refractivity contribution is 5.86. The minimum atomic E-state index is -0.386. The lowest BCUT2D eigenvalue weighted by molar-refractivity contribution is -0.143. The van der Waals surface area contributed by atoms with Crippen LogP contribution in [-0.4, -0.2) is 37.4 Å². The highest BCUT2D eigenvalue weighted by Crippen LogP contribution is 2.16. The zero-order valence-electron chi connectivity index (χ0n) is 13.3. The third-order valence-electron chi connectivity index (χ3n) is 2.03. The van der Waals surface area contributed by atoms with Crippen molar-refractivity contribution >= 4 is 11.9 Å². The van der Waals surface area contributed by atoms with Gasteiger partial charge in [0.1, 0.15) is 18.8 Å². The van der Waals surface area contributed by atoms with E-state index in [9.17, 15) is 9.59 Å². The summed E-state index contributed by atoms with van der Waals surface area (Å²) in [5.74, 6) is -0.752. The van der Waals surface area contributed by atoms with E-state index in [1.165, 1.54) is 6.08 Å². The van der Waals surface area contributed by atoms with Gasteiger partial charge in [-0.15, -0.1) is 5.73 Å². The quantitative estimate of drug-likeness (QED) is 0.248. The summed E-state index contributed by atoms with van der Waals surface area (Å²) in [5, 5.41) is 0. The summed E-state index contributed by atoms with van der Waals surface area (Å²) >= 11 is 0. The summed E-state index contributed by atoms with van der Waals surface area (Å²) in [6.07, 6.45) is 2.65. The molecule has 122 valence electrons. The molecule has 2 unspecified atom stereocenters. The fraction of sp³-hybridized carbons (Fsp3) is 0.353. The SMILES string of the molecule is C=C=C.C=CC(=O)OC(C)C1CO1.C=CCOC(=O)C(=C)C. The second-order valence-electron chi connectivity index (χ2n) is 4.14. The first kappa shape index (κ1) is 21.9. The van der Waals surface area contributed by atoms with E-state index >= 15 is 0 Å². The predicted octanol–water partition coefficient (Wildman–Crippen LogP) is 2.75. The van der Waals surface area contributed by atoms with E-state index in [0.29, 0.717) is 12.2 Å². The maximum absolute atomic E-state index is 10.6. The summed E-state index contributed by atoms with van der Waals surface area (Å²) in [4.78, 5) is 21.1. The van der Waals surface area contributed by atoms with E-state index in [4.69, 9.17) is 9.47 Å². The molecular weight excluding hydrogens is 284 g/mol. The average molecular weight is 308 g/mol. The van der Waals surface area contributed by atoms with Crippen molar-refractivity contribution < 1.29 is 23.8 Å². The third kappa shape index (κ3) is 14.1. The number of esters is 2. The van der Waals surface area contributed by atoms with E-state index in [2.05, 4.69) is 43.4 Å². The van der Waals surface area contributed by atoms with Crippen LogP contribution in [0.4, 0.5) is 0 Å². The van der Waals surface area contributed by atoms with Crippen molar-refractivity contribution in [1.29, 1.82) is 0 Å². The number of epoxide rings is 1. The van der Waals surface area contributed by atoms with Gasteiger partial charge in [-0.05, 0) is 13.8 Å². The molecule has 1 heterocycles. The Morgan fingerprint density at radius 3 is 2.23 bits per heavy atom. The number of carbonyl (C=O) groups excluding carboxylic acids is 2. The van der Waals surface area contributed by atoms with Gasteiger partial charge in [-0.25, -0.2) is 9.59 Å². The fourth-order valence-corrected chi connectivity index (χ4v) is 0.892. The van der Waals surface area contributed by atoms with E-state index in [1.807, 2.05) is 0 Å². The molecule has 1 rings (SSSR count). The van der Waals surface area contributed by atoms with Crippen LogP contribution in [0.2, 0.25) is 0 Å². The van der Waals surface area contributed by atoms with Crippen molar-refractivity contribution in [2.45, 2.75) is 26.1 Å². The molecule has 2 atom stereocenters. The Morgan fingerprint density at radius 1 is 1.41 bits per heavy atom. The molecule has 0 aromatic carbocycles. The zero-order valence-corrected chi connectivity index (χ0v) is 13.3. The van der Waals surface area contributed by atoms with Crippen LogP contribution in [0.5, 0.6) is 0 Å². The van der Waals surface area contributed by atoms with Crippen LogP contribution in [0.1, 0.15) is 13.8 Å². The van der Waals surface area contributed by atoms with Gasteiger partial charge in [0.05, 0.1) is 6.61 Å². The van der Waals surface area contributed by atoms with Crippen molar-refractivity contribution in [3.8, 4) is 0 Å². The lowest BCUT2D eigenvalue weighted by Crippen LogP contribution is -2.18. The summed E-state index contributed by atoms with van der Waals surface area (Å²) in [6, 6.07) is 0. The summed E-state index contributed by atoms with van der Waals surface area (Å²) in [5.41, 5.74) is 2.66. The van der Waals surface area contributed by atoms with Crippen LogP contribution >= 0.6 is 0 Å². The third-order valence-corrected chi connectivity index (χ3v) is 2.03. The van der Waals surface area contributed by atoms with E-state index < -0.39 is 0 Å². The highest BCUT2D eigenvalue weighted by Gasteiger charge is 2.31. The second-order valence-corrected chi connectivity index (χ2v) is 4.14. The van der Waals surface area contributed by atoms with Crippen molar-refractivity contribution in [1.82, 2.24) is 0 Å². The van der Waals surface area contributed by atoms with Crippen molar-refractivity contribution in [2.24, 2.45) is 0 Å². The molecule has 5 nitrogen and oxygen atoms in total. The average Bonchev–Trinajstić information content (AvgIpc) is 3.30. The minimum absolute atomic E-state index is 0.115. The molecule has 1 aliphatic heterocycles. The first-order chi connectivity index (χ1) is 10.3. The number of hydrogen-bond acceptors (Lipinski definition) is 5. The van der Waals surface area contributed by atoms with Gasteiger partial charge < -0.3 is 14.2 Å². The van der Waals surface area contributed by atoms with Crippen molar-refractivity contribution in [3.05, 3.63) is 56.4 Å². The number of hydrogen-bond donors (Lipinski definition) is 0. The van der Waals surface area contributed by atoms with Gasteiger partial charge in [0.25, 0.3) is 0 Å². The zero-order chi connectivity index (χ0) is 17.5. The van der Waals surface area contributed by atoms with Gasteiger partial charge in [0, 0.05) is 11.6 Å². The number of rotatable bonds is 6. The van der Waals surface area contributed by atoms with Gasteiger partial charge >= 0.3 is 11.9 Å². The summed E-state index contributed by atoms with van der Waals surface area (Å²) in [7, 11) is 0. The van der Waals surface area contributed by atoms with Gasteiger partial charge in [0.15, 0.2) is 0 Å². The molecule has 5 heteroatoms. The summed E-state index contributed by atoms with van der Waals surface area (Å²) in [6.45, 7) is 20.7. The van der Waals surface area contributed by atoms with Crippen LogP contribution in [0.3, 0.4) is 0 Å². The molecular formula is C17H24O5. The monoisotopic (exact) mass is 308 g/mol. The van der Waals surface area contributed by atoms with E-state index in [-0.39, 0.29) is 30.8 Å². The van der Waals surface area contributed by atoms with Crippen LogP contribution in [0.15, 0.2) is 56.4 Å². The first-order valence-electron chi connectivity index (χ1n) is 6.51. The maximum atomic E-state index is 10.6. The normalized spacial score (nSPS) is 15.1. The van der Waals surface area contributed by atoms with Crippen LogP contribution in [0.25, 0.3) is 0 Å². The first-order valence-corrected chi connectivity index (χ1v) is 6.51. The molecule has 0 N–H and O–H groups in total. The Hall–Kier alpha value is -2.36. The lowest BCUT2D eigenvalue weighted by atomic mass is 10.3. The lowest BCUT2D eigenvalue weighted by Gasteiger charge is -2.06. The van der Waals surface area contributed by atoms with Crippen LogP contribution in [0, 0.1) is 0 Å². The molecule has 0 radical (unpaired) electrons. The molecule has 0 aliphatic carbocycles. The highest BCUT2D eigenvalue weighted by atomic mass is 16.6. The molecule has 1 aliphatic rings. The standard InChI is InChI=1S/C7H10O3.C7H10O2.C3H4/c1-3-7(8)10-5(2)6-4-9-6;1-4-5-9-7(8)6(2)3;1-3-2/h3,5-6H,1,4H2,2H3;4H,1-2,5H2,3H3;1-2H2. The molecule has 0 bridgehead atoms. The van der Waals surface area contributed by atoms with Gasteiger partial charge in [-0.2, -0.15) is 0 Å². The van der Waals surface area contributed by atoms with Crippen LogP contribution in [-0.2, 0) is 23.8 Å². The Bertz CT molecular complexity index is 426. The largest absolute Gasteiger partial charge is 0.458 e. The Labute approximate surface area is 132 Å². The molecule has 22 heavy (non-hydrogen) atoms. The van der Waals surface area contributed by atoms with Crippen LogP contribution < -0.4 is 0 Å². The van der Waals surface area contributed by atoms with Crippen molar-refractivity contribution in [3.63, 3.8) is 0 Å². The Kier molecular flexibility index (Phi) is 13.6. The molecule has 0 amide bonds.